The van der Waals surface area contributed by atoms with Crippen molar-refractivity contribution in [1.29, 1.82) is 0 Å². The van der Waals surface area contributed by atoms with Gasteiger partial charge in [0.05, 0.1) is 5.56 Å². The third-order valence-corrected chi connectivity index (χ3v) is 3.57. The van der Waals surface area contributed by atoms with E-state index in [9.17, 15) is 4.79 Å². The number of aryl methyl sites for hydroxylation is 1. The van der Waals surface area contributed by atoms with E-state index in [4.69, 9.17) is 5.11 Å². The zero-order chi connectivity index (χ0) is 14.7. The van der Waals surface area contributed by atoms with E-state index in [1.54, 1.807) is 6.07 Å². The Morgan fingerprint density at radius 3 is 2.70 bits per heavy atom. The second kappa shape index (κ2) is 6.12. The number of carboxylic acid groups (broad SMARTS) is 1. The molecule has 20 heavy (non-hydrogen) atoms. The van der Waals surface area contributed by atoms with Gasteiger partial charge in [-0.15, -0.1) is 0 Å². The summed E-state index contributed by atoms with van der Waals surface area (Å²) in [5, 5.41) is 10.3. The standard InChI is InChI=1S/C17H23NO2/c1-4-5-6-14-11-18(10-12(2)3)16-8-7-13(17(19)20)9-15(14)16/h7-9,11-12H,4-6,10H2,1-3H3,(H,19,20). The van der Waals surface area contributed by atoms with Gasteiger partial charge in [0.1, 0.15) is 0 Å². The van der Waals surface area contributed by atoms with Gasteiger partial charge in [-0.1, -0.05) is 27.2 Å². The fourth-order valence-corrected chi connectivity index (χ4v) is 2.61. The lowest BCUT2D eigenvalue weighted by atomic mass is 10.1. The van der Waals surface area contributed by atoms with Gasteiger partial charge in [-0.05, 0) is 42.5 Å². The van der Waals surface area contributed by atoms with E-state index in [2.05, 4.69) is 31.5 Å². The highest BCUT2D eigenvalue weighted by atomic mass is 16.4. The van der Waals surface area contributed by atoms with Crippen LogP contribution in [0.15, 0.2) is 24.4 Å². The molecule has 0 atom stereocenters. The fraction of sp³-hybridized carbons (Fsp3) is 0.471. The van der Waals surface area contributed by atoms with Crippen LogP contribution in [0.1, 0.15) is 49.5 Å². The minimum Gasteiger partial charge on any atom is -0.478 e. The lowest BCUT2D eigenvalue weighted by Crippen LogP contribution is -2.03. The number of nitrogens with zero attached hydrogens (tertiary/aromatic N) is 1. The summed E-state index contributed by atoms with van der Waals surface area (Å²) in [4.78, 5) is 11.1. The molecule has 1 aromatic heterocycles. The Hall–Kier alpha value is -1.77. The van der Waals surface area contributed by atoms with Crippen molar-refractivity contribution >= 4 is 16.9 Å². The van der Waals surface area contributed by atoms with Crippen LogP contribution in [0, 0.1) is 5.92 Å². The topological polar surface area (TPSA) is 42.2 Å². The van der Waals surface area contributed by atoms with Crippen LogP contribution in [0.3, 0.4) is 0 Å². The smallest absolute Gasteiger partial charge is 0.335 e. The highest BCUT2D eigenvalue weighted by molar-refractivity contribution is 5.95. The van der Waals surface area contributed by atoms with E-state index in [-0.39, 0.29) is 0 Å². The molecule has 0 radical (unpaired) electrons. The Morgan fingerprint density at radius 2 is 2.10 bits per heavy atom. The largest absolute Gasteiger partial charge is 0.478 e. The monoisotopic (exact) mass is 273 g/mol. The summed E-state index contributed by atoms with van der Waals surface area (Å²) >= 11 is 0. The van der Waals surface area contributed by atoms with Gasteiger partial charge >= 0.3 is 5.97 Å². The predicted octanol–water partition coefficient (Wildman–Crippen LogP) is 4.34. The maximum absolute atomic E-state index is 11.1. The molecule has 1 heterocycles. The van der Waals surface area contributed by atoms with Crippen LogP contribution in [0.5, 0.6) is 0 Å². The molecule has 2 rings (SSSR count). The zero-order valence-corrected chi connectivity index (χ0v) is 12.5. The molecule has 0 saturated carbocycles. The van der Waals surface area contributed by atoms with Crippen LogP contribution < -0.4 is 0 Å². The Morgan fingerprint density at radius 1 is 1.35 bits per heavy atom. The fourth-order valence-electron chi connectivity index (χ4n) is 2.61. The van der Waals surface area contributed by atoms with Crippen LogP contribution in [-0.4, -0.2) is 15.6 Å². The first kappa shape index (κ1) is 14.6. The van der Waals surface area contributed by atoms with Crippen molar-refractivity contribution in [2.24, 2.45) is 5.92 Å². The van der Waals surface area contributed by atoms with Crippen LogP contribution in [-0.2, 0) is 13.0 Å². The van der Waals surface area contributed by atoms with Gasteiger partial charge in [-0.2, -0.15) is 0 Å². The van der Waals surface area contributed by atoms with Gasteiger partial charge in [0, 0.05) is 23.6 Å². The Balaban J connectivity index is 2.51. The van der Waals surface area contributed by atoms with Gasteiger partial charge in [0.2, 0.25) is 0 Å². The molecule has 0 unspecified atom stereocenters. The van der Waals surface area contributed by atoms with E-state index in [1.807, 2.05) is 12.1 Å². The first-order chi connectivity index (χ1) is 9.52. The number of benzene rings is 1. The lowest BCUT2D eigenvalue weighted by Gasteiger charge is -2.08. The summed E-state index contributed by atoms with van der Waals surface area (Å²) in [6, 6.07) is 5.46. The number of carbonyl (C=O) groups is 1. The summed E-state index contributed by atoms with van der Waals surface area (Å²) in [6.45, 7) is 7.54. The first-order valence-corrected chi connectivity index (χ1v) is 7.38. The Kier molecular flexibility index (Phi) is 4.48. The number of aromatic carboxylic acids is 1. The number of unbranched alkanes of at least 4 members (excludes halogenated alkanes) is 1. The van der Waals surface area contributed by atoms with Crippen LogP contribution in [0.2, 0.25) is 0 Å². The molecule has 0 aliphatic rings. The molecule has 108 valence electrons. The van der Waals surface area contributed by atoms with Crippen LogP contribution in [0.4, 0.5) is 0 Å². The highest BCUT2D eigenvalue weighted by Crippen LogP contribution is 2.25. The van der Waals surface area contributed by atoms with Gasteiger partial charge < -0.3 is 9.67 Å². The van der Waals surface area contributed by atoms with E-state index in [1.165, 1.54) is 5.56 Å². The number of carboxylic acids is 1. The number of hydrogen-bond acceptors (Lipinski definition) is 1. The molecule has 2 aromatic rings. The Labute approximate surface area is 120 Å². The summed E-state index contributed by atoms with van der Waals surface area (Å²) in [5.41, 5.74) is 2.79. The summed E-state index contributed by atoms with van der Waals surface area (Å²) in [7, 11) is 0. The van der Waals surface area contributed by atoms with E-state index in [0.717, 1.165) is 36.7 Å². The second-order valence-corrected chi connectivity index (χ2v) is 5.84. The molecule has 1 N–H and O–H groups in total. The molecule has 0 spiro atoms. The summed E-state index contributed by atoms with van der Waals surface area (Å²) in [6.07, 6.45) is 5.50. The van der Waals surface area contributed by atoms with E-state index in [0.29, 0.717) is 11.5 Å². The molecule has 0 fully saturated rings. The molecule has 3 nitrogen and oxygen atoms in total. The number of aromatic nitrogens is 1. The quantitative estimate of drug-likeness (QED) is 0.850. The van der Waals surface area contributed by atoms with Crippen LogP contribution >= 0.6 is 0 Å². The van der Waals surface area contributed by atoms with Crippen molar-refractivity contribution in [3.63, 3.8) is 0 Å². The van der Waals surface area contributed by atoms with Gasteiger partial charge in [-0.3, -0.25) is 0 Å². The molecule has 0 bridgehead atoms. The van der Waals surface area contributed by atoms with Gasteiger partial charge in [0.15, 0.2) is 0 Å². The third kappa shape index (κ3) is 3.03. The molecule has 0 aliphatic heterocycles. The molecular weight excluding hydrogens is 250 g/mol. The Bertz CT molecular complexity index is 611. The minimum absolute atomic E-state index is 0.373. The van der Waals surface area contributed by atoms with Crippen molar-refractivity contribution < 1.29 is 9.90 Å². The predicted molar refractivity (Wildman–Crippen MR) is 82.3 cm³/mol. The number of hydrogen-bond donors (Lipinski definition) is 1. The molecule has 0 saturated heterocycles. The van der Waals surface area contributed by atoms with Crippen molar-refractivity contribution in [2.75, 3.05) is 0 Å². The molecule has 0 amide bonds. The lowest BCUT2D eigenvalue weighted by molar-refractivity contribution is 0.0697. The average molecular weight is 273 g/mol. The van der Waals surface area contributed by atoms with E-state index >= 15 is 0 Å². The third-order valence-electron chi connectivity index (χ3n) is 3.57. The second-order valence-electron chi connectivity index (χ2n) is 5.84. The minimum atomic E-state index is -0.857. The number of rotatable bonds is 6. The van der Waals surface area contributed by atoms with E-state index < -0.39 is 5.97 Å². The zero-order valence-electron chi connectivity index (χ0n) is 12.5. The maximum atomic E-state index is 11.1. The van der Waals surface area contributed by atoms with Crippen molar-refractivity contribution in [3.05, 3.63) is 35.5 Å². The van der Waals surface area contributed by atoms with Crippen LogP contribution in [0.25, 0.3) is 10.9 Å². The van der Waals surface area contributed by atoms with Crippen molar-refractivity contribution in [2.45, 2.75) is 46.6 Å². The number of fused-ring (bicyclic) bond motifs is 1. The SMILES string of the molecule is CCCCc1cn(CC(C)C)c2ccc(C(=O)O)cc12. The molecule has 3 heteroatoms. The molecular formula is C17H23NO2. The summed E-state index contributed by atoms with van der Waals surface area (Å²) in [5.74, 6) is -0.284. The van der Waals surface area contributed by atoms with Crippen molar-refractivity contribution in [1.82, 2.24) is 4.57 Å². The maximum Gasteiger partial charge on any atom is 0.335 e. The molecule has 0 aliphatic carbocycles. The molecule has 1 aromatic carbocycles. The normalized spacial score (nSPS) is 11.4. The van der Waals surface area contributed by atoms with Crippen molar-refractivity contribution in [3.8, 4) is 0 Å². The first-order valence-electron chi connectivity index (χ1n) is 7.38. The average Bonchev–Trinajstić information content (AvgIpc) is 2.73. The summed E-state index contributed by atoms with van der Waals surface area (Å²) < 4.78 is 2.26. The van der Waals surface area contributed by atoms with Gasteiger partial charge in [-0.25, -0.2) is 4.79 Å². The van der Waals surface area contributed by atoms with Gasteiger partial charge in [0.25, 0.3) is 0 Å². The highest BCUT2D eigenvalue weighted by Gasteiger charge is 2.12.